The molecule has 6 nitrogen and oxygen atoms in total. The molecule has 0 spiro atoms. The van der Waals surface area contributed by atoms with Crippen LogP contribution in [0.4, 0.5) is 5.69 Å². The molecule has 0 aliphatic carbocycles. The largest absolute Gasteiger partial charge is 0.484 e. The molecule has 0 atom stereocenters. The Hall–Kier alpha value is -1.47. The van der Waals surface area contributed by atoms with Gasteiger partial charge in [0.1, 0.15) is 11.0 Å². The minimum absolute atomic E-state index is 0.137. The van der Waals surface area contributed by atoms with Crippen molar-refractivity contribution in [1.82, 2.24) is 5.32 Å². The molecule has 0 heterocycles. The highest BCUT2D eigenvalue weighted by atomic mass is 35.5. The summed E-state index contributed by atoms with van der Waals surface area (Å²) >= 11 is 5.27. The van der Waals surface area contributed by atoms with Crippen molar-refractivity contribution in [2.24, 2.45) is 0 Å². The lowest BCUT2D eigenvalue weighted by atomic mass is 10.3. The van der Waals surface area contributed by atoms with Gasteiger partial charge in [0.15, 0.2) is 6.61 Å². The molecule has 0 aromatic heterocycles. The van der Waals surface area contributed by atoms with Crippen LogP contribution in [0.2, 0.25) is 0 Å². The zero-order chi connectivity index (χ0) is 13.6. The van der Waals surface area contributed by atoms with Crippen molar-refractivity contribution in [2.45, 2.75) is 0 Å². The average molecular weight is 293 g/mol. The lowest BCUT2D eigenvalue weighted by Gasteiger charge is -2.08. The molecule has 1 aromatic rings. The van der Waals surface area contributed by atoms with Crippen molar-refractivity contribution in [3.05, 3.63) is 24.3 Å². The fraction of sp³-hybridized carbons (Fsp3) is 0.300. The molecule has 2 N–H and O–H groups in total. The number of ether oxygens (including phenoxy) is 1. The number of anilines is 1. The molecule has 1 aromatic carbocycles. The zero-order valence-corrected chi connectivity index (χ0v) is 11.2. The molecule has 0 fully saturated rings. The molecular weight excluding hydrogens is 280 g/mol. The van der Waals surface area contributed by atoms with E-state index >= 15 is 0 Å². The number of sulfonamides is 1. The van der Waals surface area contributed by atoms with Crippen molar-refractivity contribution in [2.75, 3.05) is 23.6 Å². The number of likely N-dealkylation sites (N-methyl/N-ethyl adjacent to an activating group) is 1. The quantitative estimate of drug-likeness (QED) is 0.758. The van der Waals surface area contributed by atoms with Gasteiger partial charge in [-0.15, -0.1) is 11.6 Å². The number of hydrogen-bond acceptors (Lipinski definition) is 4. The smallest absolute Gasteiger partial charge is 0.257 e. The van der Waals surface area contributed by atoms with Gasteiger partial charge >= 0.3 is 0 Å². The second-order valence-corrected chi connectivity index (χ2v) is 5.62. The topological polar surface area (TPSA) is 84.5 Å². The lowest BCUT2D eigenvalue weighted by Crippen LogP contribution is -2.24. The highest BCUT2D eigenvalue weighted by molar-refractivity contribution is 7.93. The third-order valence-corrected chi connectivity index (χ3v) is 3.60. The van der Waals surface area contributed by atoms with Crippen LogP contribution in [0, 0.1) is 0 Å². The molecule has 100 valence electrons. The zero-order valence-electron chi connectivity index (χ0n) is 9.64. The van der Waals surface area contributed by atoms with Crippen LogP contribution in [-0.2, 0) is 14.8 Å². The Balaban J connectivity index is 2.71. The van der Waals surface area contributed by atoms with Gasteiger partial charge in [0.2, 0.25) is 10.0 Å². The number of carbonyl (C=O) groups is 1. The summed E-state index contributed by atoms with van der Waals surface area (Å²) in [6.07, 6.45) is 0. The Labute approximate surface area is 110 Å². The molecule has 0 saturated heterocycles. The third-order valence-electron chi connectivity index (χ3n) is 1.90. The lowest BCUT2D eigenvalue weighted by molar-refractivity contribution is -0.122. The first-order valence-electron chi connectivity index (χ1n) is 4.97. The summed E-state index contributed by atoms with van der Waals surface area (Å²) in [4.78, 5) is 11.0. The van der Waals surface area contributed by atoms with E-state index in [1.165, 1.54) is 13.1 Å². The molecular formula is C10H13ClN2O4S. The van der Waals surface area contributed by atoms with E-state index < -0.39 is 15.2 Å². The molecule has 0 aliphatic heterocycles. The molecule has 0 radical (unpaired) electrons. The highest BCUT2D eigenvalue weighted by Gasteiger charge is 2.08. The minimum Gasteiger partial charge on any atom is -0.484 e. The monoisotopic (exact) mass is 292 g/mol. The van der Waals surface area contributed by atoms with Crippen LogP contribution < -0.4 is 14.8 Å². The Bertz CT molecular complexity index is 518. The highest BCUT2D eigenvalue weighted by Crippen LogP contribution is 2.18. The number of benzene rings is 1. The predicted octanol–water partition coefficient (Wildman–Crippen LogP) is 0.749. The molecule has 18 heavy (non-hydrogen) atoms. The minimum atomic E-state index is -3.54. The summed E-state index contributed by atoms with van der Waals surface area (Å²) in [6, 6.07) is 6.23. The van der Waals surface area contributed by atoms with Crippen LogP contribution >= 0.6 is 11.6 Å². The van der Waals surface area contributed by atoms with E-state index in [9.17, 15) is 13.2 Å². The van der Waals surface area contributed by atoms with Gasteiger partial charge in [-0.05, 0) is 12.1 Å². The first-order chi connectivity index (χ1) is 8.46. The van der Waals surface area contributed by atoms with Crippen molar-refractivity contribution in [3.63, 3.8) is 0 Å². The van der Waals surface area contributed by atoms with Crippen molar-refractivity contribution in [3.8, 4) is 5.75 Å². The van der Waals surface area contributed by atoms with Gasteiger partial charge in [-0.2, -0.15) is 0 Å². The normalized spacial score (nSPS) is 10.8. The van der Waals surface area contributed by atoms with Crippen molar-refractivity contribution in [1.29, 1.82) is 0 Å². The second kappa shape index (κ2) is 6.46. The maximum absolute atomic E-state index is 11.2. The Morgan fingerprint density at radius 3 is 2.78 bits per heavy atom. The molecule has 0 saturated carbocycles. The Morgan fingerprint density at radius 1 is 1.44 bits per heavy atom. The van der Waals surface area contributed by atoms with Gasteiger partial charge in [0, 0.05) is 13.1 Å². The van der Waals surface area contributed by atoms with E-state index in [4.69, 9.17) is 16.3 Å². The molecule has 0 bridgehead atoms. The summed E-state index contributed by atoms with van der Waals surface area (Å²) in [6.45, 7) is -0.137. The van der Waals surface area contributed by atoms with Crippen molar-refractivity contribution >= 4 is 33.2 Å². The molecule has 0 aliphatic rings. The number of nitrogens with one attached hydrogen (secondary N) is 2. The van der Waals surface area contributed by atoms with E-state index in [1.807, 2.05) is 0 Å². The van der Waals surface area contributed by atoms with E-state index in [-0.39, 0.29) is 12.5 Å². The van der Waals surface area contributed by atoms with Gasteiger partial charge in [0.25, 0.3) is 5.91 Å². The first-order valence-corrected chi connectivity index (χ1v) is 7.15. The second-order valence-electron chi connectivity index (χ2n) is 3.32. The van der Waals surface area contributed by atoms with E-state index in [0.29, 0.717) is 11.4 Å². The average Bonchev–Trinajstić information content (AvgIpc) is 2.36. The Kier molecular flexibility index (Phi) is 5.24. The van der Waals surface area contributed by atoms with Crippen molar-refractivity contribution < 1.29 is 17.9 Å². The number of hydrogen-bond donors (Lipinski definition) is 2. The number of amides is 1. The summed E-state index contributed by atoms with van der Waals surface area (Å²) < 4.78 is 29.9. The summed E-state index contributed by atoms with van der Waals surface area (Å²) in [5.74, 6) is 0.107. The Morgan fingerprint density at radius 2 is 2.17 bits per heavy atom. The van der Waals surface area contributed by atoms with Gasteiger partial charge < -0.3 is 10.1 Å². The van der Waals surface area contributed by atoms with Crippen LogP contribution in [0.3, 0.4) is 0 Å². The molecule has 8 heteroatoms. The third kappa shape index (κ3) is 4.80. The molecule has 1 amide bonds. The number of rotatable bonds is 6. The maximum atomic E-state index is 11.2. The number of alkyl halides is 1. The van der Waals surface area contributed by atoms with Crippen LogP contribution in [-0.4, -0.2) is 33.2 Å². The van der Waals surface area contributed by atoms with Gasteiger partial charge in [-0.3, -0.25) is 9.52 Å². The molecule has 1 rings (SSSR count). The fourth-order valence-electron chi connectivity index (χ4n) is 1.08. The summed E-state index contributed by atoms with van der Waals surface area (Å²) in [5.41, 5.74) is 0.324. The van der Waals surface area contributed by atoms with Crippen LogP contribution in [0.5, 0.6) is 5.75 Å². The first kappa shape index (κ1) is 14.6. The van der Waals surface area contributed by atoms with E-state index in [0.717, 1.165) is 0 Å². The van der Waals surface area contributed by atoms with Gasteiger partial charge in [-0.1, -0.05) is 6.07 Å². The molecule has 0 unspecified atom stereocenters. The van der Waals surface area contributed by atoms with Crippen LogP contribution in [0.25, 0.3) is 0 Å². The van der Waals surface area contributed by atoms with E-state index in [2.05, 4.69) is 10.0 Å². The van der Waals surface area contributed by atoms with E-state index in [1.54, 1.807) is 18.2 Å². The number of halogens is 1. The maximum Gasteiger partial charge on any atom is 0.257 e. The predicted molar refractivity (Wildman–Crippen MR) is 69.3 cm³/mol. The fourth-order valence-corrected chi connectivity index (χ4v) is 1.78. The van der Waals surface area contributed by atoms with Crippen LogP contribution in [0.15, 0.2) is 24.3 Å². The number of carbonyl (C=O) groups excluding carboxylic acids is 1. The standard InChI is InChI=1S/C10H13ClN2O4S/c1-12-10(14)6-17-9-4-2-3-8(5-9)13-18(15,16)7-11/h2-5,13H,6-7H2,1H3,(H,12,14). The summed E-state index contributed by atoms with van der Waals surface area (Å²) in [7, 11) is -2.05. The van der Waals surface area contributed by atoms with Gasteiger partial charge in [0.05, 0.1) is 5.69 Å². The summed E-state index contributed by atoms with van der Waals surface area (Å²) in [5, 5.41) is 1.87. The van der Waals surface area contributed by atoms with Gasteiger partial charge in [-0.25, -0.2) is 8.42 Å². The van der Waals surface area contributed by atoms with Crippen LogP contribution in [0.1, 0.15) is 0 Å². The SMILES string of the molecule is CNC(=O)COc1cccc(NS(=O)(=O)CCl)c1.